The molecule has 0 amide bonds. The van der Waals surface area contributed by atoms with E-state index in [0.29, 0.717) is 12.8 Å². The van der Waals surface area contributed by atoms with Crippen molar-refractivity contribution in [2.75, 3.05) is 47.1 Å². The Balaban J connectivity index is 1.56. The Morgan fingerprint density at radius 1 is 1.24 bits per heavy atom. The third kappa shape index (κ3) is 3.51. The van der Waals surface area contributed by atoms with E-state index in [1.54, 1.807) is 0 Å². The number of rotatable bonds is 4. The number of ether oxygens (including phenoxy) is 2. The van der Waals surface area contributed by atoms with E-state index >= 15 is 0 Å². The summed E-state index contributed by atoms with van der Waals surface area (Å²) < 4.78 is 11.9. The number of nitrogens with one attached hydrogen (secondary N) is 1. The maximum atomic E-state index is 5.44. The van der Waals surface area contributed by atoms with Gasteiger partial charge in [-0.25, -0.2) is 0 Å². The van der Waals surface area contributed by atoms with Gasteiger partial charge in [0.05, 0.1) is 0 Å². The molecule has 0 bridgehead atoms. The third-order valence-corrected chi connectivity index (χ3v) is 4.96. The van der Waals surface area contributed by atoms with Crippen LogP contribution in [0, 0.1) is 0 Å². The van der Waals surface area contributed by atoms with Gasteiger partial charge < -0.3 is 19.7 Å². The lowest BCUT2D eigenvalue weighted by atomic mass is 10.1. The fraction of sp³-hybridized carbons (Fsp3) is 0.600. The van der Waals surface area contributed by atoms with Crippen LogP contribution >= 0.6 is 15.9 Å². The molecular weight excluding hydrogens is 334 g/mol. The number of hydrogen-bond acceptors (Lipinski definition) is 5. The topological polar surface area (TPSA) is 37.0 Å². The maximum Gasteiger partial charge on any atom is 0.231 e. The highest BCUT2D eigenvalue weighted by atomic mass is 79.9. The predicted molar refractivity (Wildman–Crippen MR) is 85.9 cm³/mol. The van der Waals surface area contributed by atoms with E-state index in [1.165, 1.54) is 5.56 Å². The summed E-state index contributed by atoms with van der Waals surface area (Å²) in [6, 6.07) is 4.60. The van der Waals surface area contributed by atoms with Crippen molar-refractivity contribution < 1.29 is 9.47 Å². The molecular formula is C15H22BrN3O2. The Labute approximate surface area is 134 Å². The highest BCUT2D eigenvalue weighted by Crippen LogP contribution is 2.36. The second-order valence-corrected chi connectivity index (χ2v) is 6.68. The van der Waals surface area contributed by atoms with Crippen molar-refractivity contribution in [3.8, 4) is 11.5 Å². The van der Waals surface area contributed by atoms with Gasteiger partial charge in [-0.2, -0.15) is 0 Å². The Kier molecular flexibility index (Phi) is 4.69. The van der Waals surface area contributed by atoms with Crippen LogP contribution < -0.4 is 14.8 Å². The Morgan fingerprint density at radius 2 is 2.00 bits per heavy atom. The Bertz CT molecular complexity index is 512. The first-order valence-electron chi connectivity index (χ1n) is 7.31. The van der Waals surface area contributed by atoms with Gasteiger partial charge in [-0.3, -0.25) is 4.90 Å². The van der Waals surface area contributed by atoms with Gasteiger partial charge in [0.1, 0.15) is 0 Å². The van der Waals surface area contributed by atoms with E-state index in [9.17, 15) is 0 Å². The number of nitrogens with zero attached hydrogens (tertiary/aromatic N) is 2. The summed E-state index contributed by atoms with van der Waals surface area (Å²) in [5.41, 5.74) is 1.20. The summed E-state index contributed by atoms with van der Waals surface area (Å²) in [7, 11) is 4.39. The number of fused-ring (bicyclic) bond motifs is 1. The lowest BCUT2D eigenvalue weighted by molar-refractivity contribution is 0.113. The zero-order chi connectivity index (χ0) is 14.8. The smallest absolute Gasteiger partial charge is 0.231 e. The third-order valence-electron chi connectivity index (χ3n) is 4.22. The molecule has 0 radical (unpaired) electrons. The molecule has 1 fully saturated rings. The standard InChI is InChI=1S/C15H22BrN3O2/c1-18-3-4-19(2)12(9-18)8-17-7-11-5-14-15(6-13(11)16)21-10-20-14/h5-6,12,17H,3-4,7-10H2,1-2H3. The second-order valence-electron chi connectivity index (χ2n) is 5.82. The molecule has 1 saturated heterocycles. The van der Waals surface area contributed by atoms with Crippen LogP contribution in [0.3, 0.4) is 0 Å². The second kappa shape index (κ2) is 6.52. The first-order valence-corrected chi connectivity index (χ1v) is 8.10. The summed E-state index contributed by atoms with van der Waals surface area (Å²) in [6.45, 7) is 5.54. The molecule has 0 spiro atoms. The first kappa shape index (κ1) is 15.1. The molecule has 2 heterocycles. The van der Waals surface area contributed by atoms with Gasteiger partial charge >= 0.3 is 0 Å². The molecule has 2 aliphatic rings. The van der Waals surface area contributed by atoms with Crippen LogP contribution in [0.5, 0.6) is 11.5 Å². The summed E-state index contributed by atoms with van der Waals surface area (Å²) in [5, 5.41) is 3.56. The van der Waals surface area contributed by atoms with Crippen LogP contribution in [0.1, 0.15) is 5.56 Å². The van der Waals surface area contributed by atoms with Gasteiger partial charge in [0.15, 0.2) is 11.5 Å². The number of likely N-dealkylation sites (N-methyl/N-ethyl adjacent to an activating group) is 2. The molecule has 1 N–H and O–H groups in total. The molecule has 0 saturated carbocycles. The predicted octanol–water partition coefficient (Wildman–Crippen LogP) is 1.51. The first-order chi connectivity index (χ1) is 10.1. The van der Waals surface area contributed by atoms with Crippen molar-refractivity contribution in [1.29, 1.82) is 0 Å². The van der Waals surface area contributed by atoms with Gasteiger partial charge in [-0.15, -0.1) is 0 Å². The number of hydrogen-bond donors (Lipinski definition) is 1. The fourth-order valence-corrected chi connectivity index (χ4v) is 3.25. The molecule has 21 heavy (non-hydrogen) atoms. The average Bonchev–Trinajstić information content (AvgIpc) is 2.90. The van der Waals surface area contributed by atoms with Crippen LogP contribution in [0.25, 0.3) is 0 Å². The SMILES string of the molecule is CN1CCN(C)C(CNCc2cc3c(cc2Br)OCO3)C1. The van der Waals surface area contributed by atoms with E-state index in [2.05, 4.69) is 51.2 Å². The summed E-state index contributed by atoms with van der Waals surface area (Å²) in [4.78, 5) is 4.82. The van der Waals surface area contributed by atoms with Crippen LogP contribution in [0.4, 0.5) is 0 Å². The molecule has 1 aromatic rings. The summed E-state index contributed by atoms with van der Waals surface area (Å²) in [5.74, 6) is 1.66. The number of piperazine rings is 1. The van der Waals surface area contributed by atoms with Crippen molar-refractivity contribution in [2.45, 2.75) is 12.6 Å². The normalized spacial score (nSPS) is 22.7. The van der Waals surface area contributed by atoms with E-state index in [-0.39, 0.29) is 0 Å². The van der Waals surface area contributed by atoms with Crippen molar-refractivity contribution in [3.63, 3.8) is 0 Å². The van der Waals surface area contributed by atoms with Crippen LogP contribution in [0.15, 0.2) is 16.6 Å². The average molecular weight is 356 g/mol. The summed E-state index contributed by atoms with van der Waals surface area (Å²) in [6.07, 6.45) is 0. The quantitative estimate of drug-likeness (QED) is 0.885. The maximum absolute atomic E-state index is 5.44. The minimum atomic E-state index is 0.317. The fourth-order valence-electron chi connectivity index (χ4n) is 2.79. The molecule has 3 rings (SSSR count). The molecule has 0 aromatic heterocycles. The highest BCUT2D eigenvalue weighted by Gasteiger charge is 2.22. The largest absolute Gasteiger partial charge is 0.454 e. The zero-order valence-electron chi connectivity index (χ0n) is 12.6. The van der Waals surface area contributed by atoms with Gasteiger partial charge in [0.25, 0.3) is 0 Å². The molecule has 0 aliphatic carbocycles. The van der Waals surface area contributed by atoms with E-state index in [0.717, 1.165) is 48.7 Å². The Morgan fingerprint density at radius 3 is 2.81 bits per heavy atom. The van der Waals surface area contributed by atoms with E-state index < -0.39 is 0 Å². The monoisotopic (exact) mass is 355 g/mol. The van der Waals surface area contributed by atoms with Gasteiger partial charge in [-0.1, -0.05) is 15.9 Å². The number of benzene rings is 1. The molecule has 6 heteroatoms. The van der Waals surface area contributed by atoms with Crippen LogP contribution in [0.2, 0.25) is 0 Å². The zero-order valence-corrected chi connectivity index (χ0v) is 14.1. The van der Waals surface area contributed by atoms with Gasteiger partial charge in [0.2, 0.25) is 6.79 Å². The van der Waals surface area contributed by atoms with Crippen molar-refractivity contribution >= 4 is 15.9 Å². The molecule has 116 valence electrons. The molecule has 1 unspecified atom stereocenters. The minimum Gasteiger partial charge on any atom is -0.454 e. The molecule has 1 aromatic carbocycles. The van der Waals surface area contributed by atoms with Gasteiger partial charge in [-0.05, 0) is 31.8 Å². The van der Waals surface area contributed by atoms with E-state index in [4.69, 9.17) is 9.47 Å². The van der Waals surface area contributed by atoms with Crippen molar-refractivity contribution in [2.24, 2.45) is 0 Å². The molecule has 1 atom stereocenters. The number of halogens is 1. The van der Waals surface area contributed by atoms with Crippen LogP contribution in [-0.4, -0.2) is 62.9 Å². The van der Waals surface area contributed by atoms with E-state index in [1.807, 2.05) is 6.07 Å². The van der Waals surface area contributed by atoms with Crippen LogP contribution in [-0.2, 0) is 6.54 Å². The lowest BCUT2D eigenvalue weighted by Crippen LogP contribution is -2.53. The summed E-state index contributed by atoms with van der Waals surface area (Å²) >= 11 is 3.60. The van der Waals surface area contributed by atoms with Crippen molar-refractivity contribution in [1.82, 2.24) is 15.1 Å². The Hall–Kier alpha value is -0.820. The van der Waals surface area contributed by atoms with Gasteiger partial charge in [0, 0.05) is 43.2 Å². The molecule has 5 nitrogen and oxygen atoms in total. The lowest BCUT2D eigenvalue weighted by Gasteiger charge is -2.37. The van der Waals surface area contributed by atoms with Crippen molar-refractivity contribution in [3.05, 3.63) is 22.2 Å². The molecule has 2 aliphatic heterocycles. The highest BCUT2D eigenvalue weighted by molar-refractivity contribution is 9.10. The minimum absolute atomic E-state index is 0.317.